The number of carbonyl (C=O) groups is 1. The summed E-state index contributed by atoms with van der Waals surface area (Å²) in [7, 11) is 1.80. The van der Waals surface area contributed by atoms with Gasteiger partial charge in [-0.1, -0.05) is 19.9 Å². The minimum atomic E-state index is -0.222. The van der Waals surface area contributed by atoms with Gasteiger partial charge in [-0.3, -0.25) is 9.79 Å². The van der Waals surface area contributed by atoms with Crippen molar-refractivity contribution in [1.82, 2.24) is 20.5 Å². The molecule has 31 heavy (non-hydrogen) atoms. The molecule has 2 rings (SSSR count). The highest BCUT2D eigenvalue weighted by Gasteiger charge is 2.26. The van der Waals surface area contributed by atoms with Gasteiger partial charge in [0.15, 0.2) is 5.96 Å². The van der Waals surface area contributed by atoms with Crippen LogP contribution in [0.5, 0.6) is 0 Å². The summed E-state index contributed by atoms with van der Waals surface area (Å²) >= 11 is 0. The lowest BCUT2D eigenvalue weighted by molar-refractivity contribution is -0.122. The fraction of sp³-hybridized carbons (Fsp3) is 0.696. The van der Waals surface area contributed by atoms with Crippen LogP contribution in [0.1, 0.15) is 52.0 Å². The summed E-state index contributed by atoms with van der Waals surface area (Å²) in [5, 5.41) is 6.91. The Hall–Kier alpha value is -2.35. The zero-order valence-corrected chi connectivity index (χ0v) is 19.7. The van der Waals surface area contributed by atoms with Crippen molar-refractivity contribution in [1.29, 1.82) is 0 Å². The van der Waals surface area contributed by atoms with Crippen LogP contribution in [0.4, 0.5) is 5.82 Å². The van der Waals surface area contributed by atoms with Crippen molar-refractivity contribution in [2.45, 2.75) is 59.0 Å². The SMILES string of the molecule is CCN(CC)CCCC(C)NC(=NC)NCc1cccnc1N1CCCC(C(N)=O)C1. The number of carbonyl (C=O) groups excluding carboxylic acids is 1. The van der Waals surface area contributed by atoms with E-state index >= 15 is 0 Å². The van der Waals surface area contributed by atoms with Gasteiger partial charge in [-0.2, -0.15) is 0 Å². The molecule has 1 amide bonds. The Bertz CT molecular complexity index is 705. The lowest BCUT2D eigenvalue weighted by atomic mass is 9.97. The molecule has 174 valence electrons. The van der Waals surface area contributed by atoms with Crippen LogP contribution in [0.2, 0.25) is 0 Å². The van der Waals surface area contributed by atoms with Gasteiger partial charge in [-0.25, -0.2) is 4.98 Å². The molecule has 2 unspecified atom stereocenters. The van der Waals surface area contributed by atoms with E-state index in [4.69, 9.17) is 5.73 Å². The van der Waals surface area contributed by atoms with Gasteiger partial charge >= 0.3 is 0 Å². The summed E-state index contributed by atoms with van der Waals surface area (Å²) in [5.41, 5.74) is 6.64. The number of nitrogens with two attached hydrogens (primary N) is 1. The number of pyridine rings is 1. The number of hydrogen-bond acceptors (Lipinski definition) is 5. The summed E-state index contributed by atoms with van der Waals surface area (Å²) in [5.74, 6) is 1.38. The monoisotopic (exact) mass is 431 g/mol. The van der Waals surface area contributed by atoms with Crippen LogP contribution in [-0.2, 0) is 11.3 Å². The van der Waals surface area contributed by atoms with E-state index in [1.165, 1.54) is 0 Å². The first-order valence-corrected chi connectivity index (χ1v) is 11.7. The Kier molecular flexibility index (Phi) is 10.6. The number of amides is 1. The molecule has 1 fully saturated rings. The second kappa shape index (κ2) is 13.1. The Morgan fingerprint density at radius 1 is 1.42 bits per heavy atom. The van der Waals surface area contributed by atoms with Crippen LogP contribution in [0.25, 0.3) is 0 Å². The molecule has 8 nitrogen and oxygen atoms in total. The number of aromatic nitrogens is 1. The molecule has 1 aliphatic heterocycles. The summed E-state index contributed by atoms with van der Waals surface area (Å²) in [6.07, 6.45) is 5.87. The first kappa shape index (κ1) is 24.9. The third-order valence-corrected chi connectivity index (χ3v) is 6.05. The molecule has 8 heteroatoms. The molecule has 0 spiro atoms. The lowest BCUT2D eigenvalue weighted by Crippen LogP contribution is -2.43. The summed E-state index contributed by atoms with van der Waals surface area (Å²) in [6, 6.07) is 4.36. The van der Waals surface area contributed by atoms with E-state index in [9.17, 15) is 4.79 Å². The van der Waals surface area contributed by atoms with E-state index in [1.807, 2.05) is 6.07 Å². The summed E-state index contributed by atoms with van der Waals surface area (Å²) < 4.78 is 0. The fourth-order valence-electron chi connectivity index (χ4n) is 4.09. The van der Waals surface area contributed by atoms with Gasteiger partial charge in [0.25, 0.3) is 0 Å². The summed E-state index contributed by atoms with van der Waals surface area (Å²) in [6.45, 7) is 12.1. The van der Waals surface area contributed by atoms with Crippen LogP contribution >= 0.6 is 0 Å². The van der Waals surface area contributed by atoms with Gasteiger partial charge in [0.05, 0.1) is 5.92 Å². The molecule has 1 aromatic heterocycles. The van der Waals surface area contributed by atoms with Gasteiger partial charge < -0.3 is 26.2 Å². The highest BCUT2D eigenvalue weighted by Crippen LogP contribution is 2.24. The number of rotatable bonds is 11. The van der Waals surface area contributed by atoms with Crippen molar-refractivity contribution in [2.24, 2.45) is 16.6 Å². The number of piperidine rings is 1. The molecule has 1 aromatic rings. The van der Waals surface area contributed by atoms with Crippen molar-refractivity contribution in [3.8, 4) is 0 Å². The predicted molar refractivity (Wildman–Crippen MR) is 128 cm³/mol. The minimum absolute atomic E-state index is 0.108. The molecule has 1 saturated heterocycles. The van der Waals surface area contributed by atoms with Gasteiger partial charge in [0.1, 0.15) is 5.82 Å². The number of primary amides is 1. The van der Waals surface area contributed by atoms with E-state index < -0.39 is 0 Å². The molecule has 0 aromatic carbocycles. The normalized spacial score (nSPS) is 18.2. The van der Waals surface area contributed by atoms with Gasteiger partial charge in [-0.15, -0.1) is 0 Å². The number of guanidine groups is 1. The molecular weight excluding hydrogens is 390 g/mol. The first-order chi connectivity index (χ1) is 15.0. The molecule has 0 radical (unpaired) electrons. The zero-order valence-electron chi connectivity index (χ0n) is 19.7. The topological polar surface area (TPSA) is 98.9 Å². The Balaban J connectivity index is 1.89. The van der Waals surface area contributed by atoms with Crippen molar-refractivity contribution in [3.05, 3.63) is 23.9 Å². The smallest absolute Gasteiger partial charge is 0.222 e. The second-order valence-corrected chi connectivity index (χ2v) is 8.31. The van der Waals surface area contributed by atoms with Gasteiger partial charge in [0.2, 0.25) is 5.91 Å². The van der Waals surface area contributed by atoms with E-state index in [2.05, 4.69) is 57.2 Å². The number of aliphatic imine (C=N–C) groups is 1. The van der Waals surface area contributed by atoms with Crippen molar-refractivity contribution >= 4 is 17.7 Å². The van der Waals surface area contributed by atoms with E-state index in [0.717, 1.165) is 69.2 Å². The van der Waals surface area contributed by atoms with Crippen LogP contribution in [-0.4, -0.2) is 67.6 Å². The molecule has 0 saturated carbocycles. The van der Waals surface area contributed by atoms with Crippen molar-refractivity contribution < 1.29 is 4.79 Å². The van der Waals surface area contributed by atoms with Gasteiger partial charge in [-0.05, 0) is 58.3 Å². The number of nitrogens with zero attached hydrogens (tertiary/aromatic N) is 4. The van der Waals surface area contributed by atoms with E-state index in [1.54, 1.807) is 13.2 Å². The summed E-state index contributed by atoms with van der Waals surface area (Å²) in [4.78, 5) is 25.3. The minimum Gasteiger partial charge on any atom is -0.369 e. The highest BCUT2D eigenvalue weighted by atomic mass is 16.1. The number of anilines is 1. The van der Waals surface area contributed by atoms with Crippen LogP contribution in [0, 0.1) is 5.92 Å². The van der Waals surface area contributed by atoms with E-state index in [0.29, 0.717) is 19.1 Å². The van der Waals surface area contributed by atoms with Crippen LogP contribution < -0.4 is 21.3 Å². The molecule has 2 heterocycles. The average Bonchev–Trinajstić information content (AvgIpc) is 2.79. The average molecular weight is 432 g/mol. The van der Waals surface area contributed by atoms with Crippen LogP contribution in [0.3, 0.4) is 0 Å². The number of nitrogens with one attached hydrogen (secondary N) is 2. The maximum atomic E-state index is 11.7. The fourth-order valence-corrected chi connectivity index (χ4v) is 4.09. The Labute approximate surface area is 187 Å². The Morgan fingerprint density at radius 3 is 2.87 bits per heavy atom. The standard InChI is InChI=1S/C23H41N7O/c1-5-29(6-2)14-8-10-18(3)28-23(25-4)27-16-19-11-7-13-26-22(19)30-15-9-12-20(17-30)21(24)31/h7,11,13,18,20H,5-6,8-10,12,14-17H2,1-4H3,(H2,24,31)(H2,25,27,28). The third-order valence-electron chi connectivity index (χ3n) is 6.05. The maximum Gasteiger partial charge on any atom is 0.222 e. The van der Waals surface area contributed by atoms with Crippen LogP contribution in [0.15, 0.2) is 23.3 Å². The van der Waals surface area contributed by atoms with Crippen molar-refractivity contribution in [3.63, 3.8) is 0 Å². The molecule has 2 atom stereocenters. The van der Waals surface area contributed by atoms with Gasteiger partial charge in [0, 0.05) is 44.5 Å². The largest absolute Gasteiger partial charge is 0.369 e. The molecular formula is C23H41N7O. The quantitative estimate of drug-likeness (QED) is 0.366. The lowest BCUT2D eigenvalue weighted by Gasteiger charge is -2.33. The zero-order chi connectivity index (χ0) is 22.6. The molecule has 4 N–H and O–H groups in total. The molecule has 0 bridgehead atoms. The predicted octanol–water partition coefficient (Wildman–Crippen LogP) is 1.96. The van der Waals surface area contributed by atoms with Crippen molar-refractivity contribution in [2.75, 3.05) is 44.7 Å². The maximum absolute atomic E-state index is 11.7. The van der Waals surface area contributed by atoms with E-state index in [-0.39, 0.29) is 11.8 Å². The third kappa shape index (κ3) is 8.01. The number of hydrogen-bond donors (Lipinski definition) is 3. The molecule has 0 aliphatic carbocycles. The molecule has 1 aliphatic rings. The first-order valence-electron chi connectivity index (χ1n) is 11.7. The second-order valence-electron chi connectivity index (χ2n) is 8.31. The Morgan fingerprint density at radius 2 is 2.19 bits per heavy atom. The highest BCUT2D eigenvalue weighted by molar-refractivity contribution is 5.80.